The number of ketones is 1. The molecular weight excluding hydrogens is 430 g/mol. The smallest absolute Gasteiger partial charge is 0.295 e. The maximum absolute atomic E-state index is 13.2. The number of aliphatic hydroxyl groups excluding tert-OH is 1. The molecule has 0 aliphatic carbocycles. The van der Waals surface area contributed by atoms with Gasteiger partial charge in [0.2, 0.25) is 0 Å². The molecule has 1 fully saturated rings. The molecule has 1 N–H and O–H groups in total. The van der Waals surface area contributed by atoms with Crippen LogP contribution in [0.25, 0.3) is 5.76 Å². The van der Waals surface area contributed by atoms with E-state index in [2.05, 4.69) is 0 Å². The van der Waals surface area contributed by atoms with Crippen LogP contribution in [0.4, 0.5) is 0 Å². The summed E-state index contributed by atoms with van der Waals surface area (Å²) in [6.45, 7) is 0.895. The third-order valence-electron chi connectivity index (χ3n) is 6.35. The van der Waals surface area contributed by atoms with E-state index < -0.39 is 17.7 Å². The molecule has 2 aliphatic heterocycles. The SMILES string of the molecule is COc1ccc(CN2C(=O)C(=O)/C(=C(\O)c3ccc4c(c3)CCCO4)C2c2ccccc2)cc1. The second-order valence-electron chi connectivity index (χ2n) is 8.46. The lowest BCUT2D eigenvalue weighted by Crippen LogP contribution is -2.29. The van der Waals surface area contributed by atoms with Gasteiger partial charge >= 0.3 is 0 Å². The number of benzene rings is 3. The van der Waals surface area contributed by atoms with E-state index in [4.69, 9.17) is 9.47 Å². The summed E-state index contributed by atoms with van der Waals surface area (Å²) in [7, 11) is 1.59. The highest BCUT2D eigenvalue weighted by molar-refractivity contribution is 6.46. The molecule has 0 bridgehead atoms. The van der Waals surface area contributed by atoms with Gasteiger partial charge in [-0.25, -0.2) is 0 Å². The molecule has 172 valence electrons. The zero-order valence-electron chi connectivity index (χ0n) is 18.9. The van der Waals surface area contributed by atoms with E-state index >= 15 is 0 Å². The Morgan fingerprint density at radius 2 is 1.82 bits per heavy atom. The molecule has 3 aromatic rings. The molecular formula is C28H25NO5. The van der Waals surface area contributed by atoms with E-state index in [1.54, 1.807) is 13.2 Å². The van der Waals surface area contributed by atoms with Gasteiger partial charge in [-0.3, -0.25) is 9.59 Å². The summed E-state index contributed by atoms with van der Waals surface area (Å²) >= 11 is 0. The Morgan fingerprint density at radius 1 is 1.06 bits per heavy atom. The molecule has 0 radical (unpaired) electrons. The molecule has 2 heterocycles. The number of ether oxygens (including phenoxy) is 2. The van der Waals surface area contributed by atoms with Crippen LogP contribution in [0.1, 0.15) is 34.7 Å². The highest BCUT2D eigenvalue weighted by Crippen LogP contribution is 2.41. The molecule has 6 heteroatoms. The van der Waals surface area contributed by atoms with Crippen molar-refractivity contribution < 1.29 is 24.2 Å². The van der Waals surface area contributed by atoms with Gasteiger partial charge in [0.1, 0.15) is 17.3 Å². The number of hydrogen-bond acceptors (Lipinski definition) is 5. The molecule has 3 aromatic carbocycles. The number of rotatable bonds is 5. The maximum Gasteiger partial charge on any atom is 0.295 e. The average Bonchev–Trinajstić information content (AvgIpc) is 3.14. The van der Waals surface area contributed by atoms with Gasteiger partial charge in [0.15, 0.2) is 0 Å². The van der Waals surface area contributed by atoms with Crippen LogP contribution in [0, 0.1) is 0 Å². The zero-order chi connectivity index (χ0) is 23.7. The third kappa shape index (κ3) is 3.92. The molecule has 34 heavy (non-hydrogen) atoms. The number of nitrogens with zero attached hydrogens (tertiary/aromatic N) is 1. The van der Waals surface area contributed by atoms with Crippen LogP contribution in [0.15, 0.2) is 78.4 Å². The molecule has 6 nitrogen and oxygen atoms in total. The molecule has 2 aliphatic rings. The number of likely N-dealkylation sites (tertiary alicyclic amines) is 1. The Balaban J connectivity index is 1.59. The van der Waals surface area contributed by atoms with Crippen molar-refractivity contribution in [3.8, 4) is 11.5 Å². The number of aliphatic hydroxyl groups is 1. The summed E-state index contributed by atoms with van der Waals surface area (Å²) < 4.78 is 10.9. The van der Waals surface area contributed by atoms with E-state index in [1.165, 1.54) is 4.90 Å². The quantitative estimate of drug-likeness (QED) is 0.345. The van der Waals surface area contributed by atoms with Gasteiger partial charge in [-0.15, -0.1) is 0 Å². The second kappa shape index (κ2) is 9.06. The Labute approximate surface area is 198 Å². The molecule has 0 saturated carbocycles. The first-order chi connectivity index (χ1) is 16.6. The van der Waals surface area contributed by atoms with E-state index in [0.717, 1.165) is 35.3 Å². The van der Waals surface area contributed by atoms with Crippen molar-refractivity contribution in [3.05, 3.63) is 101 Å². The summed E-state index contributed by atoms with van der Waals surface area (Å²) in [5.41, 5.74) is 3.21. The average molecular weight is 456 g/mol. The van der Waals surface area contributed by atoms with E-state index in [1.807, 2.05) is 66.7 Å². The normalized spacial score (nSPS) is 19.0. The Bertz CT molecular complexity index is 1260. The zero-order valence-corrected chi connectivity index (χ0v) is 18.9. The fraction of sp³-hybridized carbons (Fsp3) is 0.214. The molecule has 1 atom stereocenters. The lowest BCUT2D eigenvalue weighted by atomic mass is 9.94. The van der Waals surface area contributed by atoms with E-state index in [0.29, 0.717) is 17.9 Å². The van der Waals surface area contributed by atoms with Crippen molar-refractivity contribution in [2.45, 2.75) is 25.4 Å². The van der Waals surface area contributed by atoms with Crippen LogP contribution in [0.3, 0.4) is 0 Å². The fourth-order valence-corrected chi connectivity index (χ4v) is 4.62. The van der Waals surface area contributed by atoms with Gasteiger partial charge in [0.25, 0.3) is 11.7 Å². The number of amides is 1. The molecule has 0 spiro atoms. The summed E-state index contributed by atoms with van der Waals surface area (Å²) in [6.07, 6.45) is 1.73. The lowest BCUT2D eigenvalue weighted by molar-refractivity contribution is -0.140. The van der Waals surface area contributed by atoms with Crippen LogP contribution >= 0.6 is 0 Å². The first kappa shape index (κ1) is 21.8. The third-order valence-corrected chi connectivity index (χ3v) is 6.35. The number of hydrogen-bond donors (Lipinski definition) is 1. The van der Waals surface area contributed by atoms with Gasteiger partial charge in [-0.2, -0.15) is 0 Å². The number of methoxy groups -OCH3 is 1. The Hall–Kier alpha value is -4.06. The number of carbonyl (C=O) groups is 2. The first-order valence-corrected chi connectivity index (χ1v) is 11.3. The number of fused-ring (bicyclic) bond motifs is 1. The van der Waals surface area contributed by atoms with Crippen LogP contribution in [0.5, 0.6) is 11.5 Å². The first-order valence-electron chi connectivity index (χ1n) is 11.3. The topological polar surface area (TPSA) is 76.1 Å². The minimum absolute atomic E-state index is 0.0985. The molecule has 1 saturated heterocycles. The molecule has 5 rings (SSSR count). The van der Waals surface area contributed by atoms with Gasteiger partial charge in [0, 0.05) is 12.1 Å². The largest absolute Gasteiger partial charge is 0.507 e. The van der Waals surface area contributed by atoms with Crippen LogP contribution in [0.2, 0.25) is 0 Å². The van der Waals surface area contributed by atoms with Crippen molar-refractivity contribution in [1.29, 1.82) is 0 Å². The monoisotopic (exact) mass is 455 g/mol. The summed E-state index contributed by atoms with van der Waals surface area (Å²) in [4.78, 5) is 27.9. The summed E-state index contributed by atoms with van der Waals surface area (Å²) in [5, 5.41) is 11.3. The highest BCUT2D eigenvalue weighted by Gasteiger charge is 2.46. The van der Waals surface area contributed by atoms with Gasteiger partial charge in [-0.05, 0) is 59.9 Å². The molecule has 1 unspecified atom stereocenters. The summed E-state index contributed by atoms with van der Waals surface area (Å²) in [6, 6.07) is 21.4. The predicted molar refractivity (Wildman–Crippen MR) is 128 cm³/mol. The standard InChI is InChI=1S/C28H25NO5/c1-33-22-12-9-18(10-13-22)17-29-25(19-6-3-2-4-7-19)24(27(31)28(29)32)26(30)21-11-14-23-20(16-21)8-5-15-34-23/h2-4,6-7,9-14,16,25,30H,5,8,15,17H2,1H3/b26-24-. The predicted octanol–water partition coefficient (Wildman–Crippen LogP) is 4.64. The van der Waals surface area contributed by atoms with E-state index in [9.17, 15) is 14.7 Å². The maximum atomic E-state index is 13.2. The Morgan fingerprint density at radius 3 is 2.56 bits per heavy atom. The van der Waals surface area contributed by atoms with E-state index in [-0.39, 0.29) is 17.9 Å². The number of aryl methyl sites for hydroxylation is 1. The van der Waals surface area contributed by atoms with Crippen molar-refractivity contribution in [1.82, 2.24) is 4.90 Å². The van der Waals surface area contributed by atoms with Crippen molar-refractivity contribution in [2.24, 2.45) is 0 Å². The molecule has 0 aromatic heterocycles. The molecule has 1 amide bonds. The van der Waals surface area contributed by atoms with Gasteiger partial charge < -0.3 is 19.5 Å². The minimum atomic E-state index is -0.699. The van der Waals surface area contributed by atoms with Crippen LogP contribution in [-0.4, -0.2) is 35.4 Å². The fourth-order valence-electron chi connectivity index (χ4n) is 4.62. The van der Waals surface area contributed by atoms with Crippen molar-refractivity contribution in [3.63, 3.8) is 0 Å². The van der Waals surface area contributed by atoms with Crippen LogP contribution < -0.4 is 9.47 Å². The minimum Gasteiger partial charge on any atom is -0.507 e. The van der Waals surface area contributed by atoms with Gasteiger partial charge in [-0.1, -0.05) is 42.5 Å². The Kier molecular flexibility index (Phi) is 5.80. The van der Waals surface area contributed by atoms with Gasteiger partial charge in [0.05, 0.1) is 25.3 Å². The lowest BCUT2D eigenvalue weighted by Gasteiger charge is -2.25. The van der Waals surface area contributed by atoms with Crippen LogP contribution in [-0.2, 0) is 22.6 Å². The summed E-state index contributed by atoms with van der Waals surface area (Å²) in [5.74, 6) is 0.0170. The number of Topliss-reactive ketones (excluding diaryl/α,β-unsaturated/α-hetero) is 1. The second-order valence-corrected chi connectivity index (χ2v) is 8.46. The highest BCUT2D eigenvalue weighted by atomic mass is 16.5. The number of carbonyl (C=O) groups excluding carboxylic acids is 2. The van der Waals surface area contributed by atoms with Crippen molar-refractivity contribution >= 4 is 17.4 Å². The van der Waals surface area contributed by atoms with Crippen molar-refractivity contribution in [2.75, 3.05) is 13.7 Å².